The van der Waals surface area contributed by atoms with E-state index in [2.05, 4.69) is 15.6 Å². The number of hydrogen-bond acceptors (Lipinski definition) is 3. The summed E-state index contributed by atoms with van der Waals surface area (Å²) < 4.78 is 12.9. The molecule has 4 nitrogen and oxygen atoms in total. The van der Waals surface area contributed by atoms with Gasteiger partial charge in [-0.05, 0) is 48.5 Å². The van der Waals surface area contributed by atoms with Crippen LogP contribution in [0.2, 0.25) is 5.02 Å². The van der Waals surface area contributed by atoms with Gasteiger partial charge < -0.3 is 10.6 Å². The maximum absolute atomic E-state index is 12.9. The third-order valence-corrected chi connectivity index (χ3v) is 3.58. The van der Waals surface area contributed by atoms with Crippen LogP contribution in [0.15, 0.2) is 66.9 Å². The van der Waals surface area contributed by atoms with Crippen LogP contribution in [0, 0.1) is 5.82 Å². The highest BCUT2D eigenvalue weighted by atomic mass is 35.5. The van der Waals surface area contributed by atoms with Crippen molar-refractivity contribution in [2.45, 2.75) is 0 Å². The van der Waals surface area contributed by atoms with Crippen LogP contribution in [0.1, 0.15) is 10.5 Å². The number of pyridine rings is 1. The first kappa shape index (κ1) is 16.0. The van der Waals surface area contributed by atoms with Crippen molar-refractivity contribution >= 4 is 34.6 Å². The highest BCUT2D eigenvalue weighted by Crippen LogP contribution is 2.25. The van der Waals surface area contributed by atoms with E-state index >= 15 is 0 Å². The van der Waals surface area contributed by atoms with Crippen molar-refractivity contribution < 1.29 is 9.18 Å². The quantitative estimate of drug-likeness (QED) is 0.711. The lowest BCUT2D eigenvalue weighted by molar-refractivity contribution is 0.102. The molecule has 1 aromatic heterocycles. The summed E-state index contributed by atoms with van der Waals surface area (Å²) in [6, 6.07) is 16.2. The van der Waals surface area contributed by atoms with Crippen LogP contribution in [-0.4, -0.2) is 10.9 Å². The van der Waals surface area contributed by atoms with Crippen LogP contribution in [-0.2, 0) is 0 Å². The van der Waals surface area contributed by atoms with E-state index in [1.54, 1.807) is 18.2 Å². The van der Waals surface area contributed by atoms with E-state index in [0.29, 0.717) is 16.4 Å². The number of aromatic nitrogens is 1. The molecule has 0 radical (unpaired) electrons. The lowest BCUT2D eigenvalue weighted by atomic mass is 10.2. The third-order valence-electron chi connectivity index (χ3n) is 3.25. The molecule has 3 aromatic rings. The molecular formula is C18H13ClFN3O. The number of carbonyl (C=O) groups excluding carboxylic acids is 1. The molecule has 2 aromatic carbocycles. The fourth-order valence-electron chi connectivity index (χ4n) is 2.08. The van der Waals surface area contributed by atoms with Crippen LogP contribution in [0.4, 0.5) is 21.5 Å². The van der Waals surface area contributed by atoms with E-state index < -0.39 is 0 Å². The fourth-order valence-corrected chi connectivity index (χ4v) is 2.26. The number of rotatable bonds is 4. The van der Waals surface area contributed by atoms with Gasteiger partial charge in [-0.2, -0.15) is 0 Å². The number of hydrogen-bond donors (Lipinski definition) is 2. The van der Waals surface area contributed by atoms with Crippen molar-refractivity contribution in [1.82, 2.24) is 4.98 Å². The van der Waals surface area contributed by atoms with Crippen LogP contribution < -0.4 is 10.6 Å². The summed E-state index contributed by atoms with van der Waals surface area (Å²) in [5.74, 6) is -0.749. The Morgan fingerprint density at radius 2 is 1.75 bits per heavy atom. The van der Waals surface area contributed by atoms with E-state index in [1.807, 2.05) is 18.2 Å². The summed E-state index contributed by atoms with van der Waals surface area (Å²) in [7, 11) is 0. The SMILES string of the molecule is O=C(Nc1ccc(F)cc1)c1cc(Nc2ccccc2Cl)ccn1. The maximum Gasteiger partial charge on any atom is 0.274 e. The molecule has 0 spiro atoms. The molecule has 1 heterocycles. The van der Waals surface area contributed by atoms with Gasteiger partial charge in [0, 0.05) is 17.6 Å². The molecule has 0 atom stereocenters. The minimum atomic E-state index is -0.385. The van der Waals surface area contributed by atoms with Crippen LogP contribution >= 0.6 is 11.6 Å². The van der Waals surface area contributed by atoms with Gasteiger partial charge in [0.15, 0.2) is 0 Å². The molecule has 120 valence electrons. The van der Waals surface area contributed by atoms with Gasteiger partial charge in [-0.3, -0.25) is 9.78 Å². The first-order valence-corrected chi connectivity index (χ1v) is 7.54. The van der Waals surface area contributed by atoms with Crippen molar-refractivity contribution in [3.8, 4) is 0 Å². The second-order valence-electron chi connectivity index (χ2n) is 5.00. The first-order chi connectivity index (χ1) is 11.6. The summed E-state index contributed by atoms with van der Waals surface area (Å²) in [6.45, 7) is 0. The Morgan fingerprint density at radius 3 is 2.50 bits per heavy atom. The Kier molecular flexibility index (Phi) is 4.72. The van der Waals surface area contributed by atoms with Crippen molar-refractivity contribution in [3.05, 3.63) is 83.4 Å². The molecular weight excluding hydrogens is 329 g/mol. The molecule has 3 rings (SSSR count). The summed E-state index contributed by atoms with van der Waals surface area (Å²) in [5.41, 5.74) is 2.14. The summed E-state index contributed by atoms with van der Waals surface area (Å²) >= 11 is 6.11. The molecule has 0 aliphatic rings. The normalized spacial score (nSPS) is 10.2. The molecule has 0 aliphatic heterocycles. The Hall–Kier alpha value is -2.92. The number of anilines is 3. The number of benzene rings is 2. The van der Waals surface area contributed by atoms with Gasteiger partial charge in [-0.15, -0.1) is 0 Å². The number of para-hydroxylation sites is 1. The summed E-state index contributed by atoms with van der Waals surface area (Å²) in [5, 5.41) is 6.38. The van der Waals surface area contributed by atoms with Crippen molar-refractivity contribution in [2.75, 3.05) is 10.6 Å². The number of amides is 1. The zero-order chi connectivity index (χ0) is 16.9. The van der Waals surface area contributed by atoms with E-state index in [9.17, 15) is 9.18 Å². The first-order valence-electron chi connectivity index (χ1n) is 7.16. The molecule has 0 unspecified atom stereocenters. The van der Waals surface area contributed by atoms with Crippen LogP contribution in [0.5, 0.6) is 0 Å². The number of halogens is 2. The topological polar surface area (TPSA) is 54.0 Å². The second kappa shape index (κ2) is 7.10. The minimum absolute atomic E-state index is 0.233. The summed E-state index contributed by atoms with van der Waals surface area (Å²) in [6.07, 6.45) is 1.53. The van der Waals surface area contributed by atoms with E-state index in [-0.39, 0.29) is 17.4 Å². The predicted octanol–water partition coefficient (Wildman–Crippen LogP) is 4.87. The van der Waals surface area contributed by atoms with Crippen molar-refractivity contribution in [1.29, 1.82) is 0 Å². The minimum Gasteiger partial charge on any atom is -0.354 e. The number of carbonyl (C=O) groups is 1. The average Bonchev–Trinajstić information content (AvgIpc) is 2.59. The standard InChI is InChI=1S/C18H13ClFN3O/c19-15-3-1-2-4-16(15)22-14-9-10-21-17(11-14)18(24)23-13-7-5-12(20)6-8-13/h1-11H,(H,21,22)(H,23,24). The maximum atomic E-state index is 12.9. The second-order valence-corrected chi connectivity index (χ2v) is 5.40. The van der Waals surface area contributed by atoms with Crippen LogP contribution in [0.25, 0.3) is 0 Å². The molecule has 24 heavy (non-hydrogen) atoms. The Morgan fingerprint density at radius 1 is 1.00 bits per heavy atom. The number of nitrogens with zero attached hydrogens (tertiary/aromatic N) is 1. The molecule has 0 aliphatic carbocycles. The molecule has 0 fully saturated rings. The van der Waals surface area contributed by atoms with E-state index in [0.717, 1.165) is 5.69 Å². The Bertz CT molecular complexity index is 868. The van der Waals surface area contributed by atoms with Gasteiger partial charge in [0.2, 0.25) is 0 Å². The van der Waals surface area contributed by atoms with Gasteiger partial charge >= 0.3 is 0 Å². The largest absolute Gasteiger partial charge is 0.354 e. The molecule has 0 saturated heterocycles. The highest BCUT2D eigenvalue weighted by molar-refractivity contribution is 6.33. The van der Waals surface area contributed by atoms with Crippen molar-refractivity contribution in [2.24, 2.45) is 0 Å². The average molecular weight is 342 g/mol. The third kappa shape index (κ3) is 3.88. The Balaban J connectivity index is 1.76. The van der Waals surface area contributed by atoms with Gasteiger partial charge in [-0.25, -0.2) is 4.39 Å². The van der Waals surface area contributed by atoms with E-state index in [4.69, 9.17) is 11.6 Å². The van der Waals surface area contributed by atoms with Crippen molar-refractivity contribution in [3.63, 3.8) is 0 Å². The van der Waals surface area contributed by atoms with Gasteiger partial charge in [0.1, 0.15) is 11.5 Å². The number of nitrogens with one attached hydrogen (secondary N) is 2. The smallest absolute Gasteiger partial charge is 0.274 e. The summed E-state index contributed by atoms with van der Waals surface area (Å²) in [4.78, 5) is 16.3. The molecule has 2 N–H and O–H groups in total. The van der Waals surface area contributed by atoms with Gasteiger partial charge in [0.05, 0.1) is 10.7 Å². The lowest BCUT2D eigenvalue weighted by Crippen LogP contribution is -2.13. The Labute approximate surface area is 143 Å². The monoisotopic (exact) mass is 341 g/mol. The van der Waals surface area contributed by atoms with Crippen LogP contribution in [0.3, 0.4) is 0 Å². The molecule has 6 heteroatoms. The fraction of sp³-hybridized carbons (Fsp3) is 0. The lowest BCUT2D eigenvalue weighted by Gasteiger charge is -2.09. The molecule has 0 saturated carbocycles. The zero-order valence-electron chi connectivity index (χ0n) is 12.5. The molecule has 1 amide bonds. The predicted molar refractivity (Wildman–Crippen MR) is 93.3 cm³/mol. The van der Waals surface area contributed by atoms with Gasteiger partial charge in [0.25, 0.3) is 5.91 Å². The van der Waals surface area contributed by atoms with E-state index in [1.165, 1.54) is 30.5 Å². The van der Waals surface area contributed by atoms with Gasteiger partial charge in [-0.1, -0.05) is 23.7 Å². The highest BCUT2D eigenvalue weighted by Gasteiger charge is 2.09. The zero-order valence-corrected chi connectivity index (χ0v) is 13.2. The molecule has 0 bridgehead atoms.